The monoisotopic (exact) mass is 223 g/mol. The largest absolute Gasteiger partial charge is 0.329 e. The van der Waals surface area contributed by atoms with Gasteiger partial charge in [-0.1, -0.05) is 19.1 Å². The fourth-order valence-electron chi connectivity index (χ4n) is 1.61. The lowest BCUT2D eigenvalue weighted by Crippen LogP contribution is -2.26. The molecule has 0 saturated carbocycles. The molecule has 0 aliphatic heterocycles. The molecule has 1 unspecified atom stereocenters. The van der Waals surface area contributed by atoms with Crippen molar-refractivity contribution in [1.29, 1.82) is 0 Å². The summed E-state index contributed by atoms with van der Waals surface area (Å²) in [6.45, 7) is 3.31. The topological polar surface area (TPSA) is 81.2 Å². The van der Waals surface area contributed by atoms with Crippen molar-refractivity contribution in [3.63, 3.8) is 0 Å². The Bertz CT molecular complexity index is 355. The van der Waals surface area contributed by atoms with Gasteiger partial charge in [-0.15, -0.1) is 0 Å². The Balaban J connectivity index is 2.83. The van der Waals surface area contributed by atoms with Crippen LogP contribution in [0.15, 0.2) is 24.3 Å². The minimum Gasteiger partial charge on any atom is -0.329 e. The van der Waals surface area contributed by atoms with Crippen LogP contribution in [0.3, 0.4) is 0 Å². The highest BCUT2D eigenvalue weighted by atomic mass is 16.6. The van der Waals surface area contributed by atoms with Crippen LogP contribution in [0.5, 0.6) is 0 Å². The zero-order chi connectivity index (χ0) is 12.0. The van der Waals surface area contributed by atoms with Gasteiger partial charge >= 0.3 is 0 Å². The molecule has 0 fully saturated rings. The van der Waals surface area contributed by atoms with Crippen molar-refractivity contribution in [1.82, 2.24) is 5.32 Å². The Morgan fingerprint density at radius 3 is 2.88 bits per heavy atom. The first-order valence-corrected chi connectivity index (χ1v) is 5.36. The van der Waals surface area contributed by atoms with Gasteiger partial charge in [-0.2, -0.15) is 0 Å². The standard InChI is InChI=1S/C11H17N3O2/c1-2-11(13-7-6-12)9-4-3-5-10(8-9)14(15)16/h3-5,8,11,13H,2,6-7,12H2,1H3. The highest BCUT2D eigenvalue weighted by molar-refractivity contribution is 5.35. The number of nitro groups is 1. The molecule has 5 heteroatoms. The Morgan fingerprint density at radius 2 is 2.31 bits per heavy atom. The number of hydrogen-bond donors (Lipinski definition) is 2. The van der Waals surface area contributed by atoms with Crippen molar-refractivity contribution in [3.8, 4) is 0 Å². The van der Waals surface area contributed by atoms with Gasteiger partial charge in [-0.3, -0.25) is 10.1 Å². The first-order valence-electron chi connectivity index (χ1n) is 5.36. The van der Waals surface area contributed by atoms with E-state index in [9.17, 15) is 10.1 Å². The number of nitrogens with zero attached hydrogens (tertiary/aromatic N) is 1. The number of nitrogens with one attached hydrogen (secondary N) is 1. The van der Waals surface area contributed by atoms with Crippen molar-refractivity contribution < 1.29 is 4.92 Å². The van der Waals surface area contributed by atoms with E-state index < -0.39 is 0 Å². The predicted molar refractivity (Wildman–Crippen MR) is 63.2 cm³/mol. The van der Waals surface area contributed by atoms with E-state index in [0.29, 0.717) is 13.1 Å². The maximum atomic E-state index is 10.6. The number of nitro benzene ring substituents is 1. The maximum absolute atomic E-state index is 10.6. The van der Waals surface area contributed by atoms with Gasteiger partial charge in [0.2, 0.25) is 0 Å². The predicted octanol–water partition coefficient (Wildman–Crippen LogP) is 1.59. The lowest BCUT2D eigenvalue weighted by molar-refractivity contribution is -0.384. The van der Waals surface area contributed by atoms with Crippen LogP contribution in [0.2, 0.25) is 0 Å². The van der Waals surface area contributed by atoms with Crippen LogP contribution in [0, 0.1) is 10.1 Å². The van der Waals surface area contributed by atoms with E-state index in [1.165, 1.54) is 6.07 Å². The molecule has 88 valence electrons. The van der Waals surface area contributed by atoms with E-state index >= 15 is 0 Å². The van der Waals surface area contributed by atoms with E-state index in [-0.39, 0.29) is 16.7 Å². The third kappa shape index (κ3) is 3.29. The fourth-order valence-corrected chi connectivity index (χ4v) is 1.61. The molecule has 5 nitrogen and oxygen atoms in total. The Kier molecular flexibility index (Phi) is 4.88. The summed E-state index contributed by atoms with van der Waals surface area (Å²) in [6, 6.07) is 6.84. The third-order valence-corrected chi connectivity index (χ3v) is 2.43. The summed E-state index contributed by atoms with van der Waals surface area (Å²) in [5.74, 6) is 0. The Morgan fingerprint density at radius 1 is 1.56 bits per heavy atom. The molecule has 0 heterocycles. The number of non-ortho nitro benzene ring substituents is 1. The van der Waals surface area contributed by atoms with E-state index in [4.69, 9.17) is 5.73 Å². The maximum Gasteiger partial charge on any atom is 0.269 e. The van der Waals surface area contributed by atoms with Crippen molar-refractivity contribution in [3.05, 3.63) is 39.9 Å². The van der Waals surface area contributed by atoms with E-state index in [0.717, 1.165) is 12.0 Å². The molecule has 0 radical (unpaired) electrons. The number of hydrogen-bond acceptors (Lipinski definition) is 4. The lowest BCUT2D eigenvalue weighted by atomic mass is 10.0. The van der Waals surface area contributed by atoms with Crippen molar-refractivity contribution >= 4 is 5.69 Å². The third-order valence-electron chi connectivity index (χ3n) is 2.43. The van der Waals surface area contributed by atoms with Gasteiger partial charge in [0.25, 0.3) is 5.69 Å². The van der Waals surface area contributed by atoms with Crippen LogP contribution in [-0.4, -0.2) is 18.0 Å². The quantitative estimate of drug-likeness (QED) is 0.567. The molecule has 0 bridgehead atoms. The highest BCUT2D eigenvalue weighted by Crippen LogP contribution is 2.21. The van der Waals surface area contributed by atoms with Gasteiger partial charge < -0.3 is 11.1 Å². The SMILES string of the molecule is CCC(NCCN)c1cccc([N+](=O)[O-])c1. The van der Waals surface area contributed by atoms with Gasteiger partial charge in [-0.05, 0) is 12.0 Å². The average Bonchev–Trinajstić information content (AvgIpc) is 2.30. The lowest BCUT2D eigenvalue weighted by Gasteiger charge is -2.16. The van der Waals surface area contributed by atoms with Gasteiger partial charge in [0.05, 0.1) is 4.92 Å². The summed E-state index contributed by atoms with van der Waals surface area (Å²) in [4.78, 5) is 10.3. The molecular weight excluding hydrogens is 206 g/mol. The summed E-state index contributed by atoms with van der Waals surface area (Å²) >= 11 is 0. The molecule has 0 aromatic heterocycles. The molecule has 1 atom stereocenters. The first kappa shape index (κ1) is 12.6. The second-order valence-corrected chi connectivity index (χ2v) is 3.56. The summed E-state index contributed by atoms with van der Waals surface area (Å²) in [7, 11) is 0. The molecule has 0 amide bonds. The van der Waals surface area contributed by atoms with Crippen molar-refractivity contribution in [2.75, 3.05) is 13.1 Å². The summed E-state index contributed by atoms with van der Waals surface area (Å²) in [5.41, 5.74) is 6.48. The van der Waals surface area contributed by atoms with Crippen LogP contribution >= 0.6 is 0 Å². The second kappa shape index (κ2) is 6.19. The molecule has 0 aliphatic rings. The van der Waals surface area contributed by atoms with E-state index in [2.05, 4.69) is 5.32 Å². The molecule has 0 aliphatic carbocycles. The van der Waals surface area contributed by atoms with Crippen molar-refractivity contribution in [2.45, 2.75) is 19.4 Å². The number of rotatable bonds is 6. The van der Waals surface area contributed by atoms with Gasteiger partial charge in [-0.25, -0.2) is 0 Å². The molecule has 0 saturated heterocycles. The molecule has 1 aromatic rings. The van der Waals surface area contributed by atoms with Crippen LogP contribution in [0.4, 0.5) is 5.69 Å². The Labute approximate surface area is 94.8 Å². The zero-order valence-corrected chi connectivity index (χ0v) is 9.35. The Hall–Kier alpha value is -1.46. The van der Waals surface area contributed by atoms with E-state index in [1.54, 1.807) is 12.1 Å². The van der Waals surface area contributed by atoms with Crippen LogP contribution in [-0.2, 0) is 0 Å². The zero-order valence-electron chi connectivity index (χ0n) is 9.35. The average molecular weight is 223 g/mol. The highest BCUT2D eigenvalue weighted by Gasteiger charge is 2.12. The van der Waals surface area contributed by atoms with Crippen LogP contribution < -0.4 is 11.1 Å². The van der Waals surface area contributed by atoms with Crippen LogP contribution in [0.25, 0.3) is 0 Å². The number of nitrogens with two attached hydrogens (primary N) is 1. The van der Waals surface area contributed by atoms with E-state index in [1.807, 2.05) is 13.0 Å². The van der Waals surface area contributed by atoms with Crippen molar-refractivity contribution in [2.24, 2.45) is 5.73 Å². The minimum atomic E-state index is -0.376. The first-order chi connectivity index (χ1) is 7.69. The second-order valence-electron chi connectivity index (χ2n) is 3.56. The normalized spacial score (nSPS) is 12.4. The molecular formula is C11H17N3O2. The minimum absolute atomic E-state index is 0.128. The molecule has 16 heavy (non-hydrogen) atoms. The van der Waals surface area contributed by atoms with Gasteiger partial charge in [0, 0.05) is 31.3 Å². The molecule has 3 N–H and O–H groups in total. The number of benzene rings is 1. The smallest absolute Gasteiger partial charge is 0.269 e. The molecule has 1 rings (SSSR count). The van der Waals surface area contributed by atoms with Crippen LogP contribution in [0.1, 0.15) is 24.9 Å². The summed E-state index contributed by atoms with van der Waals surface area (Å²) < 4.78 is 0. The molecule has 1 aromatic carbocycles. The fraction of sp³-hybridized carbons (Fsp3) is 0.455. The summed E-state index contributed by atoms with van der Waals surface area (Å²) in [5, 5.41) is 13.9. The molecule has 0 spiro atoms. The van der Waals surface area contributed by atoms with Gasteiger partial charge in [0.1, 0.15) is 0 Å². The summed E-state index contributed by atoms with van der Waals surface area (Å²) in [6.07, 6.45) is 0.876. The van der Waals surface area contributed by atoms with Gasteiger partial charge in [0.15, 0.2) is 0 Å².